The van der Waals surface area contributed by atoms with Crippen LogP contribution >= 0.6 is 0 Å². The molecule has 0 fully saturated rings. The third-order valence-electron chi connectivity index (χ3n) is 3.42. The first-order chi connectivity index (χ1) is 12.0. The van der Waals surface area contributed by atoms with Crippen LogP contribution < -0.4 is 10.1 Å². The van der Waals surface area contributed by atoms with Gasteiger partial charge in [-0.15, -0.1) is 0 Å². The van der Waals surface area contributed by atoms with Crippen molar-refractivity contribution in [1.82, 2.24) is 5.32 Å². The first-order valence-corrected chi connectivity index (χ1v) is 8.24. The summed E-state index contributed by atoms with van der Waals surface area (Å²) in [6, 6.07) is 16.5. The number of ether oxygens (including phenoxy) is 2. The summed E-state index contributed by atoms with van der Waals surface area (Å²) in [5, 5.41) is 2.70. The van der Waals surface area contributed by atoms with E-state index in [-0.39, 0.29) is 11.9 Å². The van der Waals surface area contributed by atoms with E-state index >= 15 is 0 Å². The second-order valence-electron chi connectivity index (χ2n) is 6.01. The average molecular weight is 341 g/mol. The van der Waals surface area contributed by atoms with E-state index < -0.39 is 12.1 Å². The van der Waals surface area contributed by atoms with Gasteiger partial charge in [0.1, 0.15) is 12.4 Å². The highest BCUT2D eigenvalue weighted by molar-refractivity contribution is 5.92. The second-order valence-corrected chi connectivity index (χ2v) is 6.01. The standard InChI is InChI=1S/C20H23NO4/c1-14(2)21-19(22)15(3)25-20(23)17-9-11-18(12-10-17)24-13-16-7-5-4-6-8-16/h4-12,14-15H,13H2,1-3H3,(H,21,22). The Kier molecular flexibility index (Phi) is 6.57. The SMILES string of the molecule is CC(C)NC(=O)C(C)OC(=O)c1ccc(OCc2ccccc2)cc1. The summed E-state index contributed by atoms with van der Waals surface area (Å²) in [7, 11) is 0. The third kappa shape index (κ3) is 5.95. The van der Waals surface area contributed by atoms with Crippen LogP contribution in [0, 0.1) is 0 Å². The molecular formula is C20H23NO4. The first-order valence-electron chi connectivity index (χ1n) is 8.24. The van der Waals surface area contributed by atoms with Gasteiger partial charge >= 0.3 is 5.97 Å². The molecule has 5 heteroatoms. The minimum absolute atomic E-state index is 0.00491. The number of esters is 1. The van der Waals surface area contributed by atoms with E-state index in [9.17, 15) is 9.59 Å². The summed E-state index contributed by atoms with van der Waals surface area (Å²) in [5.74, 6) is -0.196. The maximum absolute atomic E-state index is 12.1. The lowest BCUT2D eigenvalue weighted by molar-refractivity contribution is -0.129. The maximum Gasteiger partial charge on any atom is 0.338 e. The van der Waals surface area contributed by atoms with Crippen molar-refractivity contribution in [2.24, 2.45) is 0 Å². The number of carbonyl (C=O) groups is 2. The van der Waals surface area contributed by atoms with Gasteiger partial charge in [-0.3, -0.25) is 4.79 Å². The minimum Gasteiger partial charge on any atom is -0.489 e. The van der Waals surface area contributed by atoms with E-state index in [1.54, 1.807) is 31.2 Å². The van der Waals surface area contributed by atoms with Gasteiger partial charge in [0.15, 0.2) is 6.10 Å². The molecule has 2 rings (SSSR count). The Balaban J connectivity index is 1.88. The molecule has 25 heavy (non-hydrogen) atoms. The van der Waals surface area contributed by atoms with Gasteiger partial charge in [0.2, 0.25) is 0 Å². The molecule has 1 amide bonds. The molecule has 1 atom stereocenters. The second kappa shape index (κ2) is 8.87. The number of nitrogens with one attached hydrogen (secondary N) is 1. The van der Waals surface area contributed by atoms with Crippen molar-refractivity contribution in [3.05, 3.63) is 65.7 Å². The van der Waals surface area contributed by atoms with Crippen molar-refractivity contribution in [3.8, 4) is 5.75 Å². The Morgan fingerprint density at radius 2 is 1.60 bits per heavy atom. The number of hydrogen-bond acceptors (Lipinski definition) is 4. The Morgan fingerprint density at radius 1 is 0.960 bits per heavy atom. The fourth-order valence-electron chi connectivity index (χ4n) is 2.11. The van der Waals surface area contributed by atoms with E-state index in [2.05, 4.69) is 5.32 Å². The zero-order valence-electron chi connectivity index (χ0n) is 14.7. The van der Waals surface area contributed by atoms with E-state index in [0.717, 1.165) is 5.56 Å². The van der Waals surface area contributed by atoms with Crippen LogP contribution in [0.4, 0.5) is 0 Å². The maximum atomic E-state index is 12.1. The summed E-state index contributed by atoms with van der Waals surface area (Å²) >= 11 is 0. The Morgan fingerprint density at radius 3 is 2.20 bits per heavy atom. The molecule has 0 spiro atoms. The zero-order valence-corrected chi connectivity index (χ0v) is 14.7. The largest absolute Gasteiger partial charge is 0.489 e. The lowest BCUT2D eigenvalue weighted by atomic mass is 10.2. The van der Waals surface area contributed by atoms with Crippen molar-refractivity contribution < 1.29 is 19.1 Å². The monoisotopic (exact) mass is 341 g/mol. The normalized spacial score (nSPS) is 11.7. The predicted molar refractivity (Wildman–Crippen MR) is 95.4 cm³/mol. The molecular weight excluding hydrogens is 318 g/mol. The van der Waals surface area contributed by atoms with Crippen molar-refractivity contribution in [2.75, 3.05) is 0 Å². The first kappa shape index (κ1) is 18.5. The summed E-state index contributed by atoms with van der Waals surface area (Å²) in [5.41, 5.74) is 1.44. The highest BCUT2D eigenvalue weighted by atomic mass is 16.5. The number of benzene rings is 2. The van der Waals surface area contributed by atoms with Crippen molar-refractivity contribution in [1.29, 1.82) is 0 Å². The fourth-order valence-corrected chi connectivity index (χ4v) is 2.11. The minimum atomic E-state index is -0.844. The van der Waals surface area contributed by atoms with Crippen molar-refractivity contribution in [3.63, 3.8) is 0 Å². The van der Waals surface area contributed by atoms with Crippen LogP contribution in [0.2, 0.25) is 0 Å². The molecule has 1 N–H and O–H groups in total. The molecule has 0 saturated heterocycles. The number of amides is 1. The van der Waals surface area contributed by atoms with Crippen LogP contribution in [0.25, 0.3) is 0 Å². The molecule has 0 saturated carbocycles. The van der Waals surface area contributed by atoms with Gasteiger partial charge in [0, 0.05) is 6.04 Å². The predicted octanol–water partition coefficient (Wildman–Crippen LogP) is 3.34. The molecule has 0 aliphatic carbocycles. The van der Waals surface area contributed by atoms with Crippen LogP contribution in [0.1, 0.15) is 36.7 Å². The molecule has 132 valence electrons. The molecule has 0 aromatic heterocycles. The van der Waals surface area contributed by atoms with Crippen molar-refractivity contribution >= 4 is 11.9 Å². The topological polar surface area (TPSA) is 64.6 Å². The van der Waals surface area contributed by atoms with E-state index in [4.69, 9.17) is 9.47 Å². The van der Waals surface area contributed by atoms with Gasteiger partial charge in [-0.05, 0) is 50.6 Å². The van der Waals surface area contributed by atoms with Crippen LogP contribution in [-0.4, -0.2) is 24.0 Å². The van der Waals surface area contributed by atoms with Crippen molar-refractivity contribution in [2.45, 2.75) is 39.5 Å². The molecule has 2 aromatic carbocycles. The van der Waals surface area contributed by atoms with Gasteiger partial charge in [-0.25, -0.2) is 4.79 Å². The van der Waals surface area contributed by atoms with Gasteiger partial charge < -0.3 is 14.8 Å². The Hall–Kier alpha value is -2.82. The average Bonchev–Trinajstić information content (AvgIpc) is 2.60. The highest BCUT2D eigenvalue weighted by Gasteiger charge is 2.19. The summed E-state index contributed by atoms with van der Waals surface area (Å²) in [6.45, 7) is 5.70. The Bertz CT molecular complexity index is 695. The van der Waals surface area contributed by atoms with E-state index in [1.807, 2.05) is 44.2 Å². The molecule has 0 bridgehead atoms. The Labute approximate surface area is 148 Å². The molecule has 5 nitrogen and oxygen atoms in total. The van der Waals surface area contributed by atoms with E-state index in [1.165, 1.54) is 0 Å². The molecule has 0 heterocycles. The summed E-state index contributed by atoms with van der Waals surface area (Å²) < 4.78 is 10.9. The lowest BCUT2D eigenvalue weighted by Crippen LogP contribution is -2.39. The molecule has 0 aliphatic rings. The van der Waals surface area contributed by atoms with E-state index in [0.29, 0.717) is 17.9 Å². The number of carbonyl (C=O) groups excluding carboxylic acids is 2. The molecule has 0 radical (unpaired) electrons. The van der Waals surface area contributed by atoms with Crippen LogP contribution in [0.5, 0.6) is 5.75 Å². The van der Waals surface area contributed by atoms with Gasteiger partial charge in [-0.1, -0.05) is 30.3 Å². The van der Waals surface area contributed by atoms with Crippen LogP contribution in [0.3, 0.4) is 0 Å². The molecule has 0 aliphatic heterocycles. The summed E-state index contributed by atoms with van der Waals surface area (Å²) in [4.78, 5) is 23.9. The zero-order chi connectivity index (χ0) is 18.2. The molecule has 1 unspecified atom stereocenters. The van der Waals surface area contributed by atoms with Crippen LogP contribution in [0.15, 0.2) is 54.6 Å². The third-order valence-corrected chi connectivity index (χ3v) is 3.42. The smallest absolute Gasteiger partial charge is 0.338 e. The highest BCUT2D eigenvalue weighted by Crippen LogP contribution is 2.15. The number of rotatable bonds is 7. The van der Waals surface area contributed by atoms with Gasteiger partial charge in [0.25, 0.3) is 5.91 Å². The van der Waals surface area contributed by atoms with Gasteiger partial charge in [0.05, 0.1) is 5.56 Å². The van der Waals surface area contributed by atoms with Crippen LogP contribution in [-0.2, 0) is 16.1 Å². The fraction of sp³-hybridized carbons (Fsp3) is 0.300. The number of hydrogen-bond donors (Lipinski definition) is 1. The molecule has 2 aromatic rings. The summed E-state index contributed by atoms with van der Waals surface area (Å²) in [6.07, 6.45) is -0.844. The van der Waals surface area contributed by atoms with Gasteiger partial charge in [-0.2, -0.15) is 0 Å². The quantitative estimate of drug-likeness (QED) is 0.785. The lowest BCUT2D eigenvalue weighted by Gasteiger charge is -2.15.